The smallest absolute Gasteiger partial charge is 0.307 e. The van der Waals surface area contributed by atoms with Crippen LogP contribution in [0.15, 0.2) is 0 Å². The molecular weight excluding hydrogens is 228 g/mol. The Balaban J connectivity index is 2.40. The van der Waals surface area contributed by atoms with E-state index in [4.69, 9.17) is 5.11 Å². The van der Waals surface area contributed by atoms with Gasteiger partial charge in [0.1, 0.15) is 5.82 Å². The second-order valence-electron chi connectivity index (χ2n) is 4.86. The van der Waals surface area contributed by atoms with E-state index < -0.39 is 5.97 Å². The van der Waals surface area contributed by atoms with Gasteiger partial charge in [-0.3, -0.25) is 4.79 Å². The first-order valence-corrected chi connectivity index (χ1v) is 6.76. The Kier molecular flexibility index (Phi) is 3.94. The average Bonchev–Trinajstić information content (AvgIpc) is 2.27. The summed E-state index contributed by atoms with van der Waals surface area (Å²) in [5.41, 5.74) is 2.67. The molecular formula is C14H20N2O2. The van der Waals surface area contributed by atoms with Gasteiger partial charge in [-0.15, -0.1) is 0 Å². The van der Waals surface area contributed by atoms with Crippen molar-refractivity contribution < 1.29 is 9.90 Å². The fraction of sp³-hybridized carbons (Fsp3) is 0.643. The minimum atomic E-state index is -0.806. The van der Waals surface area contributed by atoms with Crippen molar-refractivity contribution in [2.45, 2.75) is 58.3 Å². The highest BCUT2D eigenvalue weighted by Gasteiger charge is 2.24. The maximum absolute atomic E-state index is 10.9. The molecule has 0 unspecified atom stereocenters. The summed E-state index contributed by atoms with van der Waals surface area (Å²) in [6.45, 7) is 4.05. The van der Waals surface area contributed by atoms with Crippen LogP contribution in [0.3, 0.4) is 0 Å². The number of hydrogen-bond donors (Lipinski definition) is 1. The molecule has 1 aromatic heterocycles. The zero-order valence-corrected chi connectivity index (χ0v) is 11.1. The number of carboxylic acid groups (broad SMARTS) is 1. The lowest BCUT2D eigenvalue weighted by molar-refractivity contribution is -0.136. The fourth-order valence-corrected chi connectivity index (χ4v) is 2.39. The number of hydrogen-bond acceptors (Lipinski definition) is 3. The number of aryl methyl sites for hydroxylation is 2. The number of carbonyl (C=O) groups is 1. The van der Waals surface area contributed by atoms with Crippen molar-refractivity contribution >= 4 is 5.97 Å². The van der Waals surface area contributed by atoms with E-state index >= 15 is 0 Å². The van der Waals surface area contributed by atoms with E-state index in [0.29, 0.717) is 5.92 Å². The lowest BCUT2D eigenvalue weighted by Gasteiger charge is -2.25. The molecule has 1 saturated carbocycles. The molecule has 1 fully saturated rings. The zero-order chi connectivity index (χ0) is 13.1. The van der Waals surface area contributed by atoms with Gasteiger partial charge in [-0.05, 0) is 25.7 Å². The Hall–Kier alpha value is -1.45. The molecule has 0 amide bonds. The van der Waals surface area contributed by atoms with Crippen molar-refractivity contribution in [3.63, 3.8) is 0 Å². The van der Waals surface area contributed by atoms with E-state index in [1.54, 1.807) is 0 Å². The molecule has 0 aliphatic heterocycles. The molecule has 18 heavy (non-hydrogen) atoms. The first kappa shape index (κ1) is 13.0. The number of aromatic nitrogens is 2. The molecule has 0 bridgehead atoms. The van der Waals surface area contributed by atoms with Gasteiger partial charge in [-0.2, -0.15) is 0 Å². The quantitative estimate of drug-likeness (QED) is 0.869. The van der Waals surface area contributed by atoms with Crippen molar-refractivity contribution in [2.24, 2.45) is 0 Å². The lowest BCUT2D eigenvalue weighted by atomic mass is 9.84. The van der Waals surface area contributed by atoms with Gasteiger partial charge in [-0.1, -0.05) is 20.3 Å². The molecule has 0 radical (unpaired) electrons. The number of aliphatic carboxylic acids is 1. The van der Waals surface area contributed by atoms with Crippen LogP contribution in [0.2, 0.25) is 0 Å². The standard InChI is InChI=1S/C14H20N2O2/c1-3-11-10(8-13(17)18)12(4-2)16-14(15-11)9-6-5-7-9/h9H,3-8H2,1-2H3,(H,17,18). The summed E-state index contributed by atoms with van der Waals surface area (Å²) in [7, 11) is 0. The van der Waals surface area contributed by atoms with Crippen molar-refractivity contribution in [1.82, 2.24) is 9.97 Å². The number of rotatable bonds is 5. The minimum absolute atomic E-state index is 0.0390. The van der Waals surface area contributed by atoms with Crippen LogP contribution < -0.4 is 0 Å². The third-order valence-electron chi connectivity index (χ3n) is 3.66. The Morgan fingerprint density at radius 2 is 1.78 bits per heavy atom. The highest BCUT2D eigenvalue weighted by atomic mass is 16.4. The van der Waals surface area contributed by atoms with Crippen LogP contribution in [0.4, 0.5) is 0 Å². The highest BCUT2D eigenvalue weighted by Crippen LogP contribution is 2.35. The highest BCUT2D eigenvalue weighted by molar-refractivity contribution is 5.71. The monoisotopic (exact) mass is 248 g/mol. The van der Waals surface area contributed by atoms with Crippen LogP contribution in [-0.2, 0) is 24.1 Å². The summed E-state index contributed by atoms with van der Waals surface area (Å²) >= 11 is 0. The summed E-state index contributed by atoms with van der Waals surface area (Å²) in [6.07, 6.45) is 5.19. The molecule has 0 saturated heterocycles. The van der Waals surface area contributed by atoms with Crippen LogP contribution >= 0.6 is 0 Å². The Labute approximate surface area is 107 Å². The van der Waals surface area contributed by atoms with Gasteiger partial charge in [0.05, 0.1) is 6.42 Å². The molecule has 4 nitrogen and oxygen atoms in total. The topological polar surface area (TPSA) is 63.1 Å². The third-order valence-corrected chi connectivity index (χ3v) is 3.66. The SMILES string of the molecule is CCc1nc(C2CCC2)nc(CC)c1CC(=O)O. The van der Waals surface area contributed by atoms with Crippen molar-refractivity contribution in [3.05, 3.63) is 22.8 Å². The zero-order valence-electron chi connectivity index (χ0n) is 11.1. The molecule has 1 aromatic rings. The number of carboxylic acids is 1. The fourth-order valence-electron chi connectivity index (χ4n) is 2.39. The molecule has 98 valence electrons. The Bertz CT molecular complexity index is 428. The number of nitrogens with zero attached hydrogens (tertiary/aromatic N) is 2. The second kappa shape index (κ2) is 5.46. The average molecular weight is 248 g/mol. The van der Waals surface area contributed by atoms with E-state index in [-0.39, 0.29) is 6.42 Å². The van der Waals surface area contributed by atoms with Crippen LogP contribution in [0.5, 0.6) is 0 Å². The maximum Gasteiger partial charge on any atom is 0.307 e. The minimum Gasteiger partial charge on any atom is -0.481 e. The predicted octanol–water partition coefficient (Wildman–Crippen LogP) is 2.50. The Morgan fingerprint density at radius 1 is 1.22 bits per heavy atom. The third kappa shape index (κ3) is 2.52. The summed E-state index contributed by atoms with van der Waals surface area (Å²) in [6, 6.07) is 0. The van der Waals surface area contributed by atoms with Gasteiger partial charge >= 0.3 is 5.97 Å². The molecule has 1 aliphatic rings. The van der Waals surface area contributed by atoms with Gasteiger partial charge < -0.3 is 5.11 Å². The summed E-state index contributed by atoms with van der Waals surface area (Å²) < 4.78 is 0. The van der Waals surface area contributed by atoms with Gasteiger partial charge in [-0.25, -0.2) is 9.97 Å². The van der Waals surface area contributed by atoms with Crippen molar-refractivity contribution in [3.8, 4) is 0 Å². The molecule has 1 aliphatic carbocycles. The summed E-state index contributed by atoms with van der Waals surface area (Å²) in [5.74, 6) is 0.628. The Morgan fingerprint density at radius 3 is 2.11 bits per heavy atom. The molecule has 2 rings (SSSR count). The van der Waals surface area contributed by atoms with Crippen LogP contribution in [0.1, 0.15) is 61.8 Å². The van der Waals surface area contributed by atoms with Crippen LogP contribution in [0.25, 0.3) is 0 Å². The molecule has 0 atom stereocenters. The van der Waals surface area contributed by atoms with Gasteiger partial charge in [0, 0.05) is 22.9 Å². The maximum atomic E-state index is 10.9. The molecule has 4 heteroatoms. The van der Waals surface area contributed by atoms with Crippen LogP contribution in [0, 0.1) is 0 Å². The van der Waals surface area contributed by atoms with E-state index in [0.717, 1.165) is 35.6 Å². The first-order chi connectivity index (χ1) is 8.65. The largest absolute Gasteiger partial charge is 0.481 e. The second-order valence-corrected chi connectivity index (χ2v) is 4.86. The van der Waals surface area contributed by atoms with Crippen LogP contribution in [-0.4, -0.2) is 21.0 Å². The van der Waals surface area contributed by atoms with E-state index in [1.165, 1.54) is 19.3 Å². The van der Waals surface area contributed by atoms with E-state index in [9.17, 15) is 4.79 Å². The molecule has 0 aromatic carbocycles. The van der Waals surface area contributed by atoms with Gasteiger partial charge in [0.25, 0.3) is 0 Å². The molecule has 0 spiro atoms. The first-order valence-electron chi connectivity index (χ1n) is 6.76. The summed E-state index contributed by atoms with van der Waals surface area (Å²) in [5, 5.41) is 8.99. The van der Waals surface area contributed by atoms with Crippen molar-refractivity contribution in [2.75, 3.05) is 0 Å². The molecule has 1 N–H and O–H groups in total. The normalized spacial score (nSPS) is 15.4. The predicted molar refractivity (Wildman–Crippen MR) is 68.7 cm³/mol. The summed E-state index contributed by atoms with van der Waals surface area (Å²) in [4.78, 5) is 20.1. The van der Waals surface area contributed by atoms with E-state index in [1.807, 2.05) is 13.8 Å². The molecule has 1 heterocycles. The lowest BCUT2D eigenvalue weighted by Crippen LogP contribution is -2.18. The van der Waals surface area contributed by atoms with Gasteiger partial charge in [0.2, 0.25) is 0 Å². The van der Waals surface area contributed by atoms with Gasteiger partial charge in [0.15, 0.2) is 0 Å². The van der Waals surface area contributed by atoms with Crippen molar-refractivity contribution in [1.29, 1.82) is 0 Å². The van der Waals surface area contributed by atoms with E-state index in [2.05, 4.69) is 9.97 Å².